The van der Waals surface area contributed by atoms with Crippen LogP contribution >= 0.6 is 11.6 Å². The molecule has 0 saturated carbocycles. The Balaban J connectivity index is 1.90. The summed E-state index contributed by atoms with van der Waals surface area (Å²) < 4.78 is 0. The van der Waals surface area contributed by atoms with E-state index in [9.17, 15) is 4.79 Å². The number of Topliss-reactive ketones (excluding diaryl/α,β-unsaturated/α-hetero) is 1. The lowest BCUT2D eigenvalue weighted by molar-refractivity contribution is 0.0990. The van der Waals surface area contributed by atoms with Crippen LogP contribution in [0.1, 0.15) is 27.0 Å². The summed E-state index contributed by atoms with van der Waals surface area (Å²) in [6.07, 6.45) is 0. The number of ketones is 1. The van der Waals surface area contributed by atoms with Crippen molar-refractivity contribution in [3.8, 4) is 0 Å². The fraction of sp³-hybridized carbons (Fsp3) is 0.235. The highest BCUT2D eigenvalue weighted by atomic mass is 35.5. The molecule has 3 heteroatoms. The quantitative estimate of drug-likeness (QED) is 0.844. The van der Waals surface area contributed by atoms with Crippen molar-refractivity contribution in [2.24, 2.45) is 0 Å². The minimum absolute atomic E-state index is 0.122. The van der Waals surface area contributed by atoms with Gasteiger partial charge in [-0.15, -0.1) is 0 Å². The molecule has 20 heavy (non-hydrogen) atoms. The van der Waals surface area contributed by atoms with Gasteiger partial charge in [0.1, 0.15) is 0 Å². The average Bonchev–Trinajstić information content (AvgIpc) is 2.41. The molecule has 0 radical (unpaired) electrons. The summed E-state index contributed by atoms with van der Waals surface area (Å²) >= 11 is 5.83. The van der Waals surface area contributed by atoms with Gasteiger partial charge in [-0.2, -0.15) is 0 Å². The van der Waals surface area contributed by atoms with Crippen LogP contribution in [0.25, 0.3) is 0 Å². The molecule has 0 heterocycles. The summed E-state index contributed by atoms with van der Waals surface area (Å²) in [5, 5.41) is 3.89. The van der Waals surface area contributed by atoms with Gasteiger partial charge in [-0.05, 0) is 37.1 Å². The Morgan fingerprint density at radius 1 is 1.10 bits per heavy atom. The van der Waals surface area contributed by atoms with Crippen LogP contribution in [0, 0.1) is 13.8 Å². The predicted molar refractivity (Wildman–Crippen MR) is 83.4 cm³/mol. The zero-order valence-electron chi connectivity index (χ0n) is 11.7. The number of nitrogens with one attached hydrogen (secondary N) is 1. The Bertz CT molecular complexity index is 605. The average molecular weight is 288 g/mol. The Kier molecular flexibility index (Phi) is 4.94. The number of carbonyl (C=O) groups excluding carboxylic acids is 1. The Hall–Kier alpha value is -1.64. The van der Waals surface area contributed by atoms with Crippen LogP contribution in [0.4, 0.5) is 0 Å². The van der Waals surface area contributed by atoms with Crippen LogP contribution in [-0.2, 0) is 6.54 Å². The maximum Gasteiger partial charge on any atom is 0.176 e. The molecule has 2 rings (SSSR count). The number of rotatable bonds is 5. The molecule has 0 unspecified atom stereocenters. The van der Waals surface area contributed by atoms with E-state index in [1.807, 2.05) is 56.3 Å². The van der Waals surface area contributed by atoms with E-state index in [4.69, 9.17) is 11.6 Å². The van der Waals surface area contributed by atoms with Gasteiger partial charge in [0.2, 0.25) is 0 Å². The largest absolute Gasteiger partial charge is 0.306 e. The Morgan fingerprint density at radius 3 is 2.45 bits per heavy atom. The molecule has 0 aliphatic rings. The fourth-order valence-electron chi connectivity index (χ4n) is 2.14. The fourth-order valence-corrected chi connectivity index (χ4v) is 2.27. The number of hydrogen-bond acceptors (Lipinski definition) is 2. The summed E-state index contributed by atoms with van der Waals surface area (Å²) in [5.74, 6) is 0.122. The lowest BCUT2D eigenvalue weighted by Crippen LogP contribution is -2.23. The molecule has 2 nitrogen and oxygen atoms in total. The summed E-state index contributed by atoms with van der Waals surface area (Å²) in [6, 6.07) is 13.5. The first-order valence-corrected chi connectivity index (χ1v) is 6.99. The maximum absolute atomic E-state index is 12.1. The molecule has 2 aromatic carbocycles. The van der Waals surface area contributed by atoms with Gasteiger partial charge in [0.25, 0.3) is 0 Å². The minimum Gasteiger partial charge on any atom is -0.306 e. The van der Waals surface area contributed by atoms with Crippen molar-refractivity contribution in [2.45, 2.75) is 20.4 Å². The molecule has 2 aromatic rings. The van der Waals surface area contributed by atoms with E-state index in [2.05, 4.69) is 5.32 Å². The van der Waals surface area contributed by atoms with Gasteiger partial charge < -0.3 is 5.32 Å². The third-order valence-electron chi connectivity index (χ3n) is 3.21. The molecular weight excluding hydrogens is 270 g/mol. The van der Waals surface area contributed by atoms with Gasteiger partial charge >= 0.3 is 0 Å². The lowest BCUT2D eigenvalue weighted by atomic mass is 10.0. The lowest BCUT2D eigenvalue weighted by Gasteiger charge is -2.07. The highest BCUT2D eigenvalue weighted by Crippen LogP contribution is 2.11. The molecule has 0 aliphatic heterocycles. The van der Waals surface area contributed by atoms with Crippen LogP contribution in [0.3, 0.4) is 0 Å². The predicted octanol–water partition coefficient (Wildman–Crippen LogP) is 3.93. The van der Waals surface area contributed by atoms with Gasteiger partial charge in [0.05, 0.1) is 6.54 Å². The molecular formula is C17H18ClNO. The molecule has 0 saturated heterocycles. The van der Waals surface area contributed by atoms with Crippen molar-refractivity contribution in [3.63, 3.8) is 0 Å². The smallest absolute Gasteiger partial charge is 0.176 e. The molecule has 0 bridgehead atoms. The molecule has 0 fully saturated rings. The van der Waals surface area contributed by atoms with E-state index in [0.717, 1.165) is 21.7 Å². The number of benzene rings is 2. The minimum atomic E-state index is 0.122. The highest BCUT2D eigenvalue weighted by Gasteiger charge is 2.08. The standard InChI is InChI=1S/C17H18ClNO/c1-12-3-8-16(13(2)9-12)17(20)11-19-10-14-4-6-15(18)7-5-14/h3-9,19H,10-11H2,1-2H3. The second kappa shape index (κ2) is 6.69. The molecule has 0 spiro atoms. The molecule has 0 aliphatic carbocycles. The summed E-state index contributed by atoms with van der Waals surface area (Å²) in [4.78, 5) is 12.1. The first-order chi connectivity index (χ1) is 9.56. The van der Waals surface area contributed by atoms with Gasteiger partial charge in [-0.3, -0.25) is 4.79 Å². The van der Waals surface area contributed by atoms with Crippen molar-refractivity contribution in [1.82, 2.24) is 5.32 Å². The van der Waals surface area contributed by atoms with Crippen LogP contribution in [0.15, 0.2) is 42.5 Å². The summed E-state index contributed by atoms with van der Waals surface area (Å²) in [6.45, 7) is 5.00. The van der Waals surface area contributed by atoms with Crippen molar-refractivity contribution >= 4 is 17.4 Å². The van der Waals surface area contributed by atoms with Crippen molar-refractivity contribution in [1.29, 1.82) is 0 Å². The summed E-state index contributed by atoms with van der Waals surface area (Å²) in [7, 11) is 0. The topological polar surface area (TPSA) is 29.1 Å². The van der Waals surface area contributed by atoms with Gasteiger partial charge in [-0.25, -0.2) is 0 Å². The maximum atomic E-state index is 12.1. The van der Waals surface area contributed by atoms with E-state index >= 15 is 0 Å². The van der Waals surface area contributed by atoms with Crippen molar-refractivity contribution in [2.75, 3.05) is 6.54 Å². The molecule has 104 valence electrons. The van der Waals surface area contributed by atoms with E-state index in [1.54, 1.807) is 0 Å². The van der Waals surface area contributed by atoms with Crippen LogP contribution in [-0.4, -0.2) is 12.3 Å². The van der Waals surface area contributed by atoms with E-state index < -0.39 is 0 Å². The molecule has 0 atom stereocenters. The first-order valence-electron chi connectivity index (χ1n) is 6.62. The molecule has 1 N–H and O–H groups in total. The van der Waals surface area contributed by atoms with E-state index in [1.165, 1.54) is 5.56 Å². The number of aryl methyl sites for hydroxylation is 2. The SMILES string of the molecule is Cc1ccc(C(=O)CNCc2ccc(Cl)cc2)c(C)c1. The number of carbonyl (C=O) groups is 1. The summed E-state index contributed by atoms with van der Waals surface area (Å²) in [5.41, 5.74) is 4.11. The van der Waals surface area contributed by atoms with Crippen LogP contribution < -0.4 is 5.32 Å². The monoisotopic (exact) mass is 287 g/mol. The van der Waals surface area contributed by atoms with E-state index in [0.29, 0.717) is 13.1 Å². The van der Waals surface area contributed by atoms with Crippen LogP contribution in [0.2, 0.25) is 5.02 Å². The molecule has 0 aromatic heterocycles. The normalized spacial score (nSPS) is 10.6. The number of halogens is 1. The van der Waals surface area contributed by atoms with Crippen molar-refractivity contribution in [3.05, 3.63) is 69.7 Å². The zero-order chi connectivity index (χ0) is 14.5. The Morgan fingerprint density at radius 2 is 1.80 bits per heavy atom. The third-order valence-corrected chi connectivity index (χ3v) is 3.46. The number of hydrogen-bond donors (Lipinski definition) is 1. The van der Waals surface area contributed by atoms with Crippen molar-refractivity contribution < 1.29 is 4.79 Å². The second-order valence-corrected chi connectivity index (χ2v) is 5.41. The highest BCUT2D eigenvalue weighted by molar-refractivity contribution is 6.30. The van der Waals surface area contributed by atoms with Gasteiger partial charge in [-0.1, -0.05) is 47.5 Å². The van der Waals surface area contributed by atoms with Gasteiger partial charge in [0.15, 0.2) is 5.78 Å². The molecule has 0 amide bonds. The third kappa shape index (κ3) is 3.92. The van der Waals surface area contributed by atoms with E-state index in [-0.39, 0.29) is 5.78 Å². The second-order valence-electron chi connectivity index (χ2n) is 4.97. The van der Waals surface area contributed by atoms with Crippen LogP contribution in [0.5, 0.6) is 0 Å². The van der Waals surface area contributed by atoms with Gasteiger partial charge in [0, 0.05) is 17.1 Å². The zero-order valence-corrected chi connectivity index (χ0v) is 12.5. The Labute approximate surface area is 124 Å². The first kappa shape index (κ1) is 14.8.